The van der Waals surface area contributed by atoms with Crippen LogP contribution in [0.1, 0.15) is 17.5 Å². The molecule has 0 radical (unpaired) electrons. The third-order valence-corrected chi connectivity index (χ3v) is 3.51. The number of methoxy groups -OCH3 is 2. The molecule has 0 saturated heterocycles. The van der Waals surface area contributed by atoms with Gasteiger partial charge in [-0.2, -0.15) is 5.10 Å². The van der Waals surface area contributed by atoms with Crippen LogP contribution in [-0.4, -0.2) is 32.2 Å². The smallest absolute Gasteiger partial charge is 0.249 e. The maximum Gasteiger partial charge on any atom is 0.249 e. The summed E-state index contributed by atoms with van der Waals surface area (Å²) in [5, 5.41) is 6.48. The normalized spacial score (nSPS) is 10.4. The molecular weight excluding hydrogens is 334 g/mol. The van der Waals surface area contributed by atoms with Crippen molar-refractivity contribution in [3.63, 3.8) is 0 Å². The van der Waals surface area contributed by atoms with Crippen LogP contribution in [0.5, 0.6) is 11.5 Å². The Morgan fingerprint density at radius 3 is 2.62 bits per heavy atom. The Kier molecular flexibility index (Phi) is 6.73. The largest absolute Gasteiger partial charge is 0.497 e. The molecule has 2 aromatic rings. The molecule has 0 saturated carbocycles. The Bertz CT molecular complexity index is 818. The number of hydrazone groups is 1. The van der Waals surface area contributed by atoms with Crippen molar-refractivity contribution >= 4 is 23.7 Å². The zero-order valence-electron chi connectivity index (χ0n) is 14.9. The fraction of sp³-hybridized carbons (Fsp3) is 0.211. The number of rotatable bonds is 7. The van der Waals surface area contributed by atoms with E-state index < -0.39 is 11.8 Å². The summed E-state index contributed by atoms with van der Waals surface area (Å²) in [6.07, 6.45) is 1.14. The van der Waals surface area contributed by atoms with Gasteiger partial charge in [0.2, 0.25) is 11.8 Å². The molecule has 0 aliphatic rings. The summed E-state index contributed by atoms with van der Waals surface area (Å²) in [6.45, 7) is 1.93. The van der Waals surface area contributed by atoms with Gasteiger partial charge >= 0.3 is 0 Å². The van der Waals surface area contributed by atoms with Gasteiger partial charge in [-0.15, -0.1) is 0 Å². The van der Waals surface area contributed by atoms with E-state index in [2.05, 4.69) is 15.8 Å². The molecule has 2 amide bonds. The van der Waals surface area contributed by atoms with Crippen LogP contribution in [0.4, 0.5) is 5.69 Å². The highest BCUT2D eigenvalue weighted by Gasteiger charge is 2.09. The Morgan fingerprint density at radius 1 is 1.08 bits per heavy atom. The number of nitrogens with one attached hydrogen (secondary N) is 2. The average molecular weight is 355 g/mol. The number of amides is 2. The van der Waals surface area contributed by atoms with Gasteiger partial charge in [-0.1, -0.05) is 18.2 Å². The zero-order valence-corrected chi connectivity index (χ0v) is 14.9. The molecule has 2 aromatic carbocycles. The summed E-state index contributed by atoms with van der Waals surface area (Å²) in [6, 6.07) is 12.4. The van der Waals surface area contributed by atoms with Gasteiger partial charge in [-0.05, 0) is 36.2 Å². The summed E-state index contributed by atoms with van der Waals surface area (Å²) < 4.78 is 10.3. The van der Waals surface area contributed by atoms with Crippen molar-refractivity contribution < 1.29 is 19.1 Å². The summed E-state index contributed by atoms with van der Waals surface area (Å²) in [5.41, 5.74) is 4.65. The standard InChI is InChI=1S/C19H21N3O4/c1-13-7-8-14(9-17(13)26-3)12-20-22-19(24)11-18(23)21-15-5-4-6-16(10-15)25-2/h4-10,12H,11H2,1-3H3,(H,21,23)(H,22,24). The maximum absolute atomic E-state index is 11.9. The summed E-state index contributed by atoms with van der Waals surface area (Å²) in [7, 11) is 3.13. The van der Waals surface area contributed by atoms with E-state index in [9.17, 15) is 9.59 Å². The van der Waals surface area contributed by atoms with E-state index in [4.69, 9.17) is 9.47 Å². The molecule has 0 aliphatic heterocycles. The minimum atomic E-state index is -0.513. The number of anilines is 1. The molecule has 7 nitrogen and oxygen atoms in total. The van der Waals surface area contributed by atoms with Crippen molar-refractivity contribution in [1.29, 1.82) is 0 Å². The second-order valence-corrected chi connectivity index (χ2v) is 5.48. The zero-order chi connectivity index (χ0) is 18.9. The monoisotopic (exact) mass is 355 g/mol. The minimum Gasteiger partial charge on any atom is -0.497 e. The van der Waals surface area contributed by atoms with Gasteiger partial charge in [0.25, 0.3) is 0 Å². The summed E-state index contributed by atoms with van der Waals surface area (Å²) >= 11 is 0. The molecule has 0 fully saturated rings. The molecule has 0 atom stereocenters. The molecule has 2 N–H and O–H groups in total. The lowest BCUT2D eigenvalue weighted by atomic mass is 10.1. The van der Waals surface area contributed by atoms with Crippen molar-refractivity contribution in [2.24, 2.45) is 5.10 Å². The van der Waals surface area contributed by atoms with Crippen molar-refractivity contribution in [3.05, 3.63) is 53.6 Å². The van der Waals surface area contributed by atoms with Gasteiger partial charge in [0, 0.05) is 11.8 Å². The Hall–Kier alpha value is -3.35. The quantitative estimate of drug-likeness (QED) is 0.454. The highest BCUT2D eigenvalue weighted by molar-refractivity contribution is 6.03. The van der Waals surface area contributed by atoms with Crippen LogP contribution in [0.15, 0.2) is 47.6 Å². The molecule has 26 heavy (non-hydrogen) atoms. The molecule has 0 bridgehead atoms. The van der Waals surface area contributed by atoms with E-state index in [1.54, 1.807) is 37.4 Å². The third-order valence-electron chi connectivity index (χ3n) is 3.51. The van der Waals surface area contributed by atoms with Gasteiger partial charge in [-0.3, -0.25) is 9.59 Å². The number of ether oxygens (including phenoxy) is 2. The summed E-state index contributed by atoms with van der Waals surface area (Å²) in [5.74, 6) is 0.395. The fourth-order valence-electron chi connectivity index (χ4n) is 2.19. The highest BCUT2D eigenvalue weighted by atomic mass is 16.5. The SMILES string of the molecule is COc1cccc(NC(=O)CC(=O)NN=Cc2ccc(C)c(OC)c2)c1. The van der Waals surface area contributed by atoms with E-state index >= 15 is 0 Å². The lowest BCUT2D eigenvalue weighted by Gasteiger charge is -2.06. The van der Waals surface area contributed by atoms with Gasteiger partial charge in [0.05, 0.1) is 20.4 Å². The van der Waals surface area contributed by atoms with Crippen molar-refractivity contribution in [2.75, 3.05) is 19.5 Å². The number of carbonyl (C=O) groups excluding carboxylic acids is 2. The van der Waals surface area contributed by atoms with Crippen molar-refractivity contribution in [3.8, 4) is 11.5 Å². The molecule has 0 spiro atoms. The fourth-order valence-corrected chi connectivity index (χ4v) is 2.19. The number of carbonyl (C=O) groups is 2. The first-order chi connectivity index (χ1) is 12.5. The lowest BCUT2D eigenvalue weighted by molar-refractivity contribution is -0.126. The molecule has 0 aliphatic carbocycles. The van der Waals surface area contributed by atoms with E-state index in [1.807, 2.05) is 19.1 Å². The van der Waals surface area contributed by atoms with Crippen LogP contribution < -0.4 is 20.2 Å². The van der Waals surface area contributed by atoms with Crippen LogP contribution in [-0.2, 0) is 9.59 Å². The first-order valence-electron chi connectivity index (χ1n) is 7.92. The average Bonchev–Trinajstić information content (AvgIpc) is 2.63. The van der Waals surface area contributed by atoms with Crippen LogP contribution in [0.2, 0.25) is 0 Å². The third kappa shape index (κ3) is 5.62. The molecule has 7 heteroatoms. The van der Waals surface area contributed by atoms with Gasteiger partial charge in [0.1, 0.15) is 17.9 Å². The van der Waals surface area contributed by atoms with Gasteiger partial charge < -0.3 is 14.8 Å². The van der Waals surface area contributed by atoms with Gasteiger partial charge in [-0.25, -0.2) is 5.43 Å². The predicted molar refractivity (Wildman–Crippen MR) is 99.7 cm³/mol. The molecule has 2 rings (SSSR count). The topological polar surface area (TPSA) is 89.0 Å². The van der Waals surface area contributed by atoms with Crippen molar-refractivity contribution in [1.82, 2.24) is 5.43 Å². The van der Waals surface area contributed by atoms with Crippen LogP contribution in [0, 0.1) is 6.92 Å². The van der Waals surface area contributed by atoms with E-state index in [-0.39, 0.29) is 6.42 Å². The predicted octanol–water partition coefficient (Wildman–Crippen LogP) is 2.49. The van der Waals surface area contributed by atoms with E-state index in [0.29, 0.717) is 11.4 Å². The highest BCUT2D eigenvalue weighted by Crippen LogP contribution is 2.18. The number of aryl methyl sites for hydroxylation is 1. The number of benzene rings is 2. The first-order valence-corrected chi connectivity index (χ1v) is 7.92. The van der Waals surface area contributed by atoms with E-state index in [0.717, 1.165) is 16.9 Å². The summed E-state index contributed by atoms with van der Waals surface area (Å²) in [4.78, 5) is 23.7. The Balaban J connectivity index is 1.85. The second kappa shape index (κ2) is 9.22. The number of hydrogen-bond acceptors (Lipinski definition) is 5. The number of nitrogens with zero attached hydrogens (tertiary/aromatic N) is 1. The van der Waals surface area contributed by atoms with Crippen LogP contribution >= 0.6 is 0 Å². The first kappa shape index (κ1) is 19.0. The molecule has 0 unspecified atom stereocenters. The van der Waals surface area contributed by atoms with Gasteiger partial charge in [0.15, 0.2) is 0 Å². The van der Waals surface area contributed by atoms with Crippen LogP contribution in [0.25, 0.3) is 0 Å². The van der Waals surface area contributed by atoms with E-state index in [1.165, 1.54) is 13.3 Å². The van der Waals surface area contributed by atoms with Crippen LogP contribution in [0.3, 0.4) is 0 Å². The number of hydrogen-bond donors (Lipinski definition) is 2. The lowest BCUT2D eigenvalue weighted by Crippen LogP contribution is -2.24. The molecule has 0 heterocycles. The maximum atomic E-state index is 11.9. The molecule has 0 aromatic heterocycles. The van der Waals surface area contributed by atoms with Crippen molar-refractivity contribution in [2.45, 2.75) is 13.3 Å². The second-order valence-electron chi connectivity index (χ2n) is 5.48. The Morgan fingerprint density at radius 2 is 1.88 bits per heavy atom. The molecule has 136 valence electrons. The minimum absolute atomic E-state index is 0.341. The molecular formula is C19H21N3O4. The Labute approximate surface area is 152 Å².